The van der Waals surface area contributed by atoms with Crippen molar-refractivity contribution in [1.82, 2.24) is 5.32 Å². The van der Waals surface area contributed by atoms with Crippen LogP contribution in [0, 0.1) is 0 Å². The lowest BCUT2D eigenvalue weighted by atomic mass is 10.1. The van der Waals surface area contributed by atoms with Gasteiger partial charge in [-0.2, -0.15) is 0 Å². The molecule has 2 nitrogen and oxygen atoms in total. The first-order valence-corrected chi connectivity index (χ1v) is 6.15. The number of rotatable bonds is 5. The SMILES string of the molecule is CCN(C)c1cc(Cl)ccc1CNC(C)C. The Kier molecular flexibility index (Phi) is 5.10. The van der Waals surface area contributed by atoms with Crippen LogP contribution in [0.4, 0.5) is 5.69 Å². The van der Waals surface area contributed by atoms with E-state index in [1.807, 2.05) is 12.1 Å². The van der Waals surface area contributed by atoms with Gasteiger partial charge in [0, 0.05) is 36.9 Å². The van der Waals surface area contributed by atoms with E-state index in [1.54, 1.807) is 0 Å². The molecule has 0 aliphatic heterocycles. The van der Waals surface area contributed by atoms with Crippen molar-refractivity contribution < 1.29 is 0 Å². The molecule has 1 aromatic carbocycles. The van der Waals surface area contributed by atoms with Crippen molar-refractivity contribution in [1.29, 1.82) is 0 Å². The van der Waals surface area contributed by atoms with Crippen LogP contribution in [-0.4, -0.2) is 19.6 Å². The molecule has 0 fully saturated rings. The Balaban J connectivity index is 2.89. The van der Waals surface area contributed by atoms with Crippen molar-refractivity contribution in [3.05, 3.63) is 28.8 Å². The molecule has 1 rings (SSSR count). The molecule has 0 heterocycles. The van der Waals surface area contributed by atoms with Crippen molar-refractivity contribution in [3.8, 4) is 0 Å². The maximum atomic E-state index is 6.03. The molecular formula is C13H21ClN2. The van der Waals surface area contributed by atoms with Gasteiger partial charge in [-0.3, -0.25) is 0 Å². The Labute approximate surface area is 104 Å². The summed E-state index contributed by atoms with van der Waals surface area (Å²) in [5.41, 5.74) is 2.51. The highest BCUT2D eigenvalue weighted by Gasteiger charge is 2.07. The van der Waals surface area contributed by atoms with Gasteiger partial charge in [0.2, 0.25) is 0 Å². The summed E-state index contributed by atoms with van der Waals surface area (Å²) in [6.45, 7) is 8.31. The van der Waals surface area contributed by atoms with Crippen LogP contribution < -0.4 is 10.2 Å². The lowest BCUT2D eigenvalue weighted by Gasteiger charge is -2.22. The van der Waals surface area contributed by atoms with E-state index in [0.29, 0.717) is 6.04 Å². The van der Waals surface area contributed by atoms with E-state index in [-0.39, 0.29) is 0 Å². The number of anilines is 1. The van der Waals surface area contributed by atoms with Gasteiger partial charge in [-0.25, -0.2) is 0 Å². The van der Waals surface area contributed by atoms with Gasteiger partial charge in [-0.1, -0.05) is 31.5 Å². The standard InChI is InChI=1S/C13H21ClN2/c1-5-16(4)13-8-12(14)7-6-11(13)9-15-10(2)3/h6-8,10,15H,5,9H2,1-4H3. The zero-order valence-corrected chi connectivity index (χ0v) is 11.3. The van der Waals surface area contributed by atoms with Crippen LogP contribution in [-0.2, 0) is 6.54 Å². The fraction of sp³-hybridized carbons (Fsp3) is 0.538. The zero-order chi connectivity index (χ0) is 12.1. The lowest BCUT2D eigenvalue weighted by Crippen LogP contribution is -2.24. The van der Waals surface area contributed by atoms with Crippen LogP contribution in [0.15, 0.2) is 18.2 Å². The van der Waals surface area contributed by atoms with E-state index in [0.717, 1.165) is 18.1 Å². The molecule has 1 aromatic rings. The van der Waals surface area contributed by atoms with Crippen LogP contribution in [0.2, 0.25) is 5.02 Å². The Morgan fingerprint density at radius 2 is 2.06 bits per heavy atom. The molecule has 0 aromatic heterocycles. The van der Waals surface area contributed by atoms with Gasteiger partial charge in [-0.05, 0) is 24.6 Å². The fourth-order valence-corrected chi connectivity index (χ4v) is 1.69. The Morgan fingerprint density at radius 3 is 2.62 bits per heavy atom. The number of nitrogens with one attached hydrogen (secondary N) is 1. The summed E-state index contributed by atoms with van der Waals surface area (Å²) in [7, 11) is 2.09. The average Bonchev–Trinajstić information content (AvgIpc) is 2.26. The van der Waals surface area contributed by atoms with E-state index in [2.05, 4.69) is 44.1 Å². The molecule has 0 bridgehead atoms. The highest BCUT2D eigenvalue weighted by Crippen LogP contribution is 2.24. The molecule has 0 amide bonds. The number of nitrogens with zero attached hydrogens (tertiary/aromatic N) is 1. The highest BCUT2D eigenvalue weighted by molar-refractivity contribution is 6.30. The summed E-state index contributed by atoms with van der Waals surface area (Å²) in [5.74, 6) is 0. The van der Waals surface area contributed by atoms with Gasteiger partial charge < -0.3 is 10.2 Å². The van der Waals surface area contributed by atoms with Gasteiger partial charge in [-0.15, -0.1) is 0 Å². The largest absolute Gasteiger partial charge is 0.375 e. The minimum atomic E-state index is 0.496. The third-order valence-electron chi connectivity index (χ3n) is 2.63. The third-order valence-corrected chi connectivity index (χ3v) is 2.87. The quantitative estimate of drug-likeness (QED) is 0.850. The molecule has 1 N–H and O–H groups in total. The number of hydrogen-bond acceptors (Lipinski definition) is 2. The molecule has 0 atom stereocenters. The van der Waals surface area contributed by atoms with Crippen molar-refractivity contribution >= 4 is 17.3 Å². The monoisotopic (exact) mass is 240 g/mol. The topological polar surface area (TPSA) is 15.3 Å². The predicted molar refractivity (Wildman–Crippen MR) is 72.4 cm³/mol. The van der Waals surface area contributed by atoms with Gasteiger partial charge >= 0.3 is 0 Å². The second-order valence-electron chi connectivity index (χ2n) is 4.32. The molecule has 0 radical (unpaired) electrons. The molecule has 16 heavy (non-hydrogen) atoms. The van der Waals surface area contributed by atoms with Gasteiger partial charge in [0.15, 0.2) is 0 Å². The molecule has 0 aliphatic rings. The first kappa shape index (κ1) is 13.3. The summed E-state index contributed by atoms with van der Waals surface area (Å²) >= 11 is 6.03. The summed E-state index contributed by atoms with van der Waals surface area (Å²) in [6.07, 6.45) is 0. The predicted octanol–water partition coefficient (Wildman–Crippen LogP) is 3.29. The van der Waals surface area contributed by atoms with Gasteiger partial charge in [0.1, 0.15) is 0 Å². The van der Waals surface area contributed by atoms with E-state index < -0.39 is 0 Å². The maximum Gasteiger partial charge on any atom is 0.0426 e. The minimum Gasteiger partial charge on any atom is -0.375 e. The second-order valence-corrected chi connectivity index (χ2v) is 4.76. The second kappa shape index (κ2) is 6.12. The lowest BCUT2D eigenvalue weighted by molar-refractivity contribution is 0.588. The van der Waals surface area contributed by atoms with Crippen molar-refractivity contribution in [3.63, 3.8) is 0 Å². The third kappa shape index (κ3) is 3.69. The average molecular weight is 241 g/mol. The van der Waals surface area contributed by atoms with Crippen LogP contribution in [0.3, 0.4) is 0 Å². The summed E-state index contributed by atoms with van der Waals surface area (Å²) in [4.78, 5) is 2.21. The van der Waals surface area contributed by atoms with Crippen molar-refractivity contribution in [2.24, 2.45) is 0 Å². The van der Waals surface area contributed by atoms with Crippen LogP contribution >= 0.6 is 11.6 Å². The Bertz CT molecular complexity index is 337. The fourth-order valence-electron chi connectivity index (χ4n) is 1.53. The number of hydrogen-bond donors (Lipinski definition) is 1. The first-order chi connectivity index (χ1) is 7.54. The van der Waals surface area contributed by atoms with Crippen LogP contribution in [0.5, 0.6) is 0 Å². The van der Waals surface area contributed by atoms with Crippen molar-refractivity contribution in [2.45, 2.75) is 33.4 Å². The molecule has 0 unspecified atom stereocenters. The molecular weight excluding hydrogens is 220 g/mol. The van der Waals surface area contributed by atoms with Gasteiger partial charge in [0.05, 0.1) is 0 Å². The molecule has 0 saturated carbocycles. The molecule has 0 saturated heterocycles. The number of halogens is 1. The minimum absolute atomic E-state index is 0.496. The van der Waals surface area contributed by atoms with Crippen LogP contribution in [0.25, 0.3) is 0 Å². The van der Waals surface area contributed by atoms with E-state index in [9.17, 15) is 0 Å². The van der Waals surface area contributed by atoms with E-state index in [1.165, 1.54) is 11.3 Å². The summed E-state index contributed by atoms with van der Waals surface area (Å²) in [6, 6.07) is 6.57. The Hall–Kier alpha value is -0.730. The summed E-state index contributed by atoms with van der Waals surface area (Å²) < 4.78 is 0. The molecule has 0 spiro atoms. The van der Waals surface area contributed by atoms with E-state index in [4.69, 9.17) is 11.6 Å². The van der Waals surface area contributed by atoms with E-state index >= 15 is 0 Å². The normalized spacial score (nSPS) is 10.9. The van der Waals surface area contributed by atoms with Crippen molar-refractivity contribution in [2.75, 3.05) is 18.5 Å². The van der Waals surface area contributed by atoms with Gasteiger partial charge in [0.25, 0.3) is 0 Å². The number of benzene rings is 1. The smallest absolute Gasteiger partial charge is 0.0426 e. The molecule has 90 valence electrons. The zero-order valence-electron chi connectivity index (χ0n) is 10.5. The van der Waals surface area contributed by atoms with Crippen LogP contribution in [0.1, 0.15) is 26.3 Å². The maximum absolute atomic E-state index is 6.03. The first-order valence-electron chi connectivity index (χ1n) is 5.77. The molecule has 0 aliphatic carbocycles. The molecule has 3 heteroatoms. The highest BCUT2D eigenvalue weighted by atomic mass is 35.5. The summed E-state index contributed by atoms with van der Waals surface area (Å²) in [5, 5.41) is 4.23. The Morgan fingerprint density at radius 1 is 1.38 bits per heavy atom.